The highest BCUT2D eigenvalue weighted by atomic mass is 19.1. The highest BCUT2D eigenvalue weighted by Crippen LogP contribution is 2.31. The molecule has 21 heavy (non-hydrogen) atoms. The Balaban J connectivity index is 1.83. The van der Waals surface area contributed by atoms with Crippen LogP contribution in [0.25, 0.3) is 0 Å². The highest BCUT2D eigenvalue weighted by molar-refractivity contribution is 6.05. The maximum atomic E-state index is 13.2. The topological polar surface area (TPSA) is 47.6 Å². The lowest BCUT2D eigenvalue weighted by Gasteiger charge is -2.18. The van der Waals surface area contributed by atoms with Gasteiger partial charge < -0.3 is 14.8 Å². The molecular weight excluding hydrogens is 273 g/mol. The van der Waals surface area contributed by atoms with Crippen LogP contribution in [0.1, 0.15) is 15.9 Å². The summed E-state index contributed by atoms with van der Waals surface area (Å²) in [6, 6.07) is 9.24. The second-order valence-electron chi connectivity index (χ2n) is 4.77. The second kappa shape index (κ2) is 5.44. The number of hydrogen-bond donors (Lipinski definition) is 1. The first kappa shape index (κ1) is 13.4. The molecular formula is C16H14FNO3. The number of amides is 1. The molecule has 0 bridgehead atoms. The first-order chi connectivity index (χ1) is 10.1. The Morgan fingerprint density at radius 3 is 2.67 bits per heavy atom. The van der Waals surface area contributed by atoms with Crippen LogP contribution in [-0.2, 0) is 0 Å². The van der Waals surface area contributed by atoms with Crippen molar-refractivity contribution in [3.63, 3.8) is 0 Å². The van der Waals surface area contributed by atoms with Gasteiger partial charge in [0.25, 0.3) is 5.91 Å². The molecule has 0 saturated carbocycles. The molecule has 2 aromatic carbocycles. The lowest BCUT2D eigenvalue weighted by molar-refractivity contribution is 0.102. The number of hydrogen-bond acceptors (Lipinski definition) is 3. The maximum absolute atomic E-state index is 13.2. The SMILES string of the molecule is Cc1ccc(F)cc1NC(=O)c1ccc2c(c1)OCCO2. The Morgan fingerprint density at radius 2 is 1.86 bits per heavy atom. The normalized spacial score (nSPS) is 12.9. The van der Waals surface area contributed by atoms with Crippen LogP contribution in [0.15, 0.2) is 36.4 Å². The molecule has 1 aliphatic rings. The molecule has 0 aliphatic carbocycles. The van der Waals surface area contributed by atoms with Crippen molar-refractivity contribution in [3.8, 4) is 11.5 Å². The summed E-state index contributed by atoms with van der Waals surface area (Å²) in [6.45, 7) is 2.76. The van der Waals surface area contributed by atoms with Gasteiger partial charge in [0.1, 0.15) is 19.0 Å². The fourth-order valence-corrected chi connectivity index (χ4v) is 2.11. The molecule has 5 heteroatoms. The van der Waals surface area contributed by atoms with Gasteiger partial charge in [-0.15, -0.1) is 0 Å². The molecule has 1 aliphatic heterocycles. The van der Waals surface area contributed by atoms with Crippen LogP contribution in [0.4, 0.5) is 10.1 Å². The van der Waals surface area contributed by atoms with Crippen LogP contribution in [0.2, 0.25) is 0 Å². The molecule has 1 heterocycles. The van der Waals surface area contributed by atoms with Crippen LogP contribution in [0.5, 0.6) is 11.5 Å². The van der Waals surface area contributed by atoms with Gasteiger partial charge in [0.15, 0.2) is 11.5 Å². The quantitative estimate of drug-likeness (QED) is 0.923. The molecule has 0 atom stereocenters. The predicted octanol–water partition coefficient (Wildman–Crippen LogP) is 3.16. The van der Waals surface area contributed by atoms with Gasteiger partial charge in [-0.25, -0.2) is 4.39 Å². The van der Waals surface area contributed by atoms with Crippen molar-refractivity contribution in [2.24, 2.45) is 0 Å². The molecule has 2 aromatic rings. The van der Waals surface area contributed by atoms with E-state index < -0.39 is 5.82 Å². The molecule has 1 amide bonds. The van der Waals surface area contributed by atoms with Crippen molar-refractivity contribution in [1.82, 2.24) is 0 Å². The molecule has 0 unspecified atom stereocenters. The Hall–Kier alpha value is -2.56. The predicted molar refractivity (Wildman–Crippen MR) is 76.5 cm³/mol. The van der Waals surface area contributed by atoms with E-state index >= 15 is 0 Å². The molecule has 0 saturated heterocycles. The average Bonchev–Trinajstić information content (AvgIpc) is 2.50. The number of nitrogens with one attached hydrogen (secondary N) is 1. The Morgan fingerprint density at radius 1 is 1.10 bits per heavy atom. The first-order valence-electron chi connectivity index (χ1n) is 6.60. The van der Waals surface area contributed by atoms with Gasteiger partial charge in [0.2, 0.25) is 0 Å². The third kappa shape index (κ3) is 2.81. The number of halogens is 1. The summed E-state index contributed by atoms with van der Waals surface area (Å²) in [5.74, 6) is 0.461. The zero-order valence-corrected chi connectivity index (χ0v) is 11.5. The number of anilines is 1. The van der Waals surface area contributed by atoms with Gasteiger partial charge in [-0.1, -0.05) is 6.07 Å². The van der Waals surface area contributed by atoms with Gasteiger partial charge in [0.05, 0.1) is 0 Å². The minimum absolute atomic E-state index is 0.319. The van der Waals surface area contributed by atoms with E-state index in [1.807, 2.05) is 0 Å². The van der Waals surface area contributed by atoms with Crippen LogP contribution in [0.3, 0.4) is 0 Å². The van der Waals surface area contributed by atoms with Gasteiger partial charge in [-0.3, -0.25) is 4.79 Å². The van der Waals surface area contributed by atoms with Crippen LogP contribution in [-0.4, -0.2) is 19.1 Å². The fourth-order valence-electron chi connectivity index (χ4n) is 2.11. The van der Waals surface area contributed by atoms with E-state index in [2.05, 4.69) is 5.32 Å². The Bertz CT molecular complexity index is 700. The van der Waals surface area contributed by atoms with Gasteiger partial charge >= 0.3 is 0 Å². The summed E-state index contributed by atoms with van der Waals surface area (Å²) in [5, 5.41) is 2.70. The third-order valence-corrected chi connectivity index (χ3v) is 3.25. The van der Waals surface area contributed by atoms with Crippen LogP contribution >= 0.6 is 0 Å². The lowest BCUT2D eigenvalue weighted by atomic mass is 10.1. The maximum Gasteiger partial charge on any atom is 0.255 e. The fraction of sp³-hybridized carbons (Fsp3) is 0.188. The number of ether oxygens (including phenoxy) is 2. The molecule has 0 spiro atoms. The van der Waals surface area contributed by atoms with Crippen LogP contribution in [0, 0.1) is 12.7 Å². The number of carbonyl (C=O) groups excluding carboxylic acids is 1. The minimum Gasteiger partial charge on any atom is -0.486 e. The van der Waals surface area contributed by atoms with Crippen molar-refractivity contribution in [3.05, 3.63) is 53.3 Å². The zero-order chi connectivity index (χ0) is 14.8. The number of rotatable bonds is 2. The summed E-state index contributed by atoms with van der Waals surface area (Å²) in [4.78, 5) is 12.2. The number of benzene rings is 2. The molecule has 108 valence electrons. The number of fused-ring (bicyclic) bond motifs is 1. The van der Waals surface area contributed by atoms with Gasteiger partial charge in [-0.2, -0.15) is 0 Å². The zero-order valence-electron chi connectivity index (χ0n) is 11.5. The van der Waals surface area contributed by atoms with E-state index in [1.54, 1.807) is 31.2 Å². The average molecular weight is 287 g/mol. The Kier molecular flexibility index (Phi) is 3.48. The third-order valence-electron chi connectivity index (χ3n) is 3.25. The minimum atomic E-state index is -0.391. The standard InChI is InChI=1S/C16H14FNO3/c1-10-2-4-12(17)9-13(10)18-16(19)11-3-5-14-15(8-11)21-7-6-20-14/h2-5,8-9H,6-7H2,1H3,(H,18,19). The molecule has 1 N–H and O–H groups in total. The van der Waals surface area contributed by atoms with E-state index in [0.717, 1.165) is 5.56 Å². The monoisotopic (exact) mass is 287 g/mol. The highest BCUT2D eigenvalue weighted by Gasteiger charge is 2.15. The summed E-state index contributed by atoms with van der Waals surface area (Å²) >= 11 is 0. The van der Waals surface area contributed by atoms with Crippen LogP contribution < -0.4 is 14.8 Å². The van der Waals surface area contributed by atoms with Gasteiger partial charge in [-0.05, 0) is 42.8 Å². The lowest BCUT2D eigenvalue weighted by Crippen LogP contribution is -2.17. The van der Waals surface area contributed by atoms with Crippen molar-refractivity contribution in [2.75, 3.05) is 18.5 Å². The van der Waals surface area contributed by atoms with Crippen molar-refractivity contribution in [2.45, 2.75) is 6.92 Å². The molecule has 3 rings (SSSR count). The van der Waals surface area contributed by atoms with E-state index in [4.69, 9.17) is 9.47 Å². The molecule has 0 radical (unpaired) electrons. The van der Waals surface area contributed by atoms with E-state index in [0.29, 0.717) is 36.0 Å². The molecule has 0 fully saturated rings. The molecule has 4 nitrogen and oxygen atoms in total. The van der Waals surface area contributed by atoms with Crippen molar-refractivity contribution >= 4 is 11.6 Å². The van der Waals surface area contributed by atoms with Crippen molar-refractivity contribution < 1.29 is 18.7 Å². The summed E-state index contributed by atoms with van der Waals surface area (Å²) in [7, 11) is 0. The van der Waals surface area contributed by atoms with E-state index in [9.17, 15) is 9.18 Å². The smallest absolute Gasteiger partial charge is 0.255 e. The largest absolute Gasteiger partial charge is 0.486 e. The van der Waals surface area contributed by atoms with Gasteiger partial charge in [0, 0.05) is 11.3 Å². The molecule has 0 aromatic heterocycles. The second-order valence-corrected chi connectivity index (χ2v) is 4.77. The summed E-state index contributed by atoms with van der Waals surface area (Å²) < 4.78 is 24.1. The number of carbonyl (C=O) groups is 1. The van der Waals surface area contributed by atoms with Crippen molar-refractivity contribution in [1.29, 1.82) is 0 Å². The number of aryl methyl sites for hydroxylation is 1. The summed E-state index contributed by atoms with van der Waals surface area (Å²) in [5.41, 5.74) is 1.68. The van der Waals surface area contributed by atoms with E-state index in [-0.39, 0.29) is 5.91 Å². The first-order valence-corrected chi connectivity index (χ1v) is 6.60. The Labute approximate surface area is 121 Å². The van der Waals surface area contributed by atoms with E-state index in [1.165, 1.54) is 12.1 Å². The summed E-state index contributed by atoms with van der Waals surface area (Å²) in [6.07, 6.45) is 0.